The number of hydrogen-bond donors (Lipinski definition) is 3. The molecule has 1 saturated carbocycles. The van der Waals surface area contributed by atoms with Gasteiger partial charge in [0.05, 0.1) is 17.5 Å². The first-order valence-electron chi connectivity index (χ1n) is 11.8. The van der Waals surface area contributed by atoms with Crippen LogP contribution in [0, 0.1) is 17.6 Å². The van der Waals surface area contributed by atoms with Gasteiger partial charge in [-0.1, -0.05) is 0 Å². The summed E-state index contributed by atoms with van der Waals surface area (Å²) in [7, 11) is 0. The Kier molecular flexibility index (Phi) is 6.11. The molecule has 1 aliphatic carbocycles. The first-order valence-corrected chi connectivity index (χ1v) is 11.8. The molecule has 8 nitrogen and oxygen atoms in total. The third-order valence-electron chi connectivity index (χ3n) is 6.93. The van der Waals surface area contributed by atoms with Gasteiger partial charge in [-0.2, -0.15) is 4.98 Å². The van der Waals surface area contributed by atoms with E-state index < -0.39 is 17.2 Å². The predicted molar refractivity (Wildman–Crippen MR) is 125 cm³/mol. The molecule has 10 heteroatoms. The standard InChI is InChI=1S/C24H30F2N6O2/c1-24(2,33)14-3-5-16(11-14)28-22-27-13-20-21(31-22)32(17-7-9-34-10-8-17)23(30-20)29-19-6-4-15(25)12-18(19)26/h4,6,12-14,16-17,33H,3,5,7-11H2,1-2H3,(H,29,30)(H,27,28,31)/t14?,16-/m0/s1. The molecule has 34 heavy (non-hydrogen) atoms. The summed E-state index contributed by atoms with van der Waals surface area (Å²) in [5.74, 6) is -0.172. The van der Waals surface area contributed by atoms with Crippen molar-refractivity contribution in [3.63, 3.8) is 0 Å². The Labute approximate surface area is 196 Å². The van der Waals surface area contributed by atoms with Gasteiger partial charge in [0, 0.05) is 31.4 Å². The minimum absolute atomic E-state index is 0.0681. The van der Waals surface area contributed by atoms with E-state index in [1.165, 1.54) is 12.1 Å². The molecule has 1 aromatic carbocycles. The van der Waals surface area contributed by atoms with Gasteiger partial charge in [0.1, 0.15) is 17.2 Å². The Morgan fingerprint density at radius 1 is 1.12 bits per heavy atom. The number of nitrogens with zero attached hydrogens (tertiary/aromatic N) is 4. The zero-order valence-corrected chi connectivity index (χ0v) is 19.4. The molecule has 3 N–H and O–H groups in total. The van der Waals surface area contributed by atoms with Crippen LogP contribution in [0.3, 0.4) is 0 Å². The van der Waals surface area contributed by atoms with Gasteiger partial charge in [-0.15, -0.1) is 0 Å². The number of aromatic nitrogens is 4. The minimum atomic E-state index is -0.709. The first kappa shape index (κ1) is 22.9. The summed E-state index contributed by atoms with van der Waals surface area (Å²) in [5.41, 5.74) is 0.660. The van der Waals surface area contributed by atoms with E-state index in [9.17, 15) is 13.9 Å². The molecule has 2 atom stereocenters. The molecule has 1 saturated heterocycles. The van der Waals surface area contributed by atoms with Crippen molar-refractivity contribution in [2.24, 2.45) is 5.92 Å². The van der Waals surface area contributed by atoms with E-state index in [1.54, 1.807) is 6.20 Å². The van der Waals surface area contributed by atoms with Crippen molar-refractivity contribution in [3.8, 4) is 0 Å². The van der Waals surface area contributed by atoms with Crippen LogP contribution in [0.5, 0.6) is 0 Å². The highest BCUT2D eigenvalue weighted by molar-refractivity contribution is 5.76. The summed E-state index contributed by atoms with van der Waals surface area (Å²) in [5, 5.41) is 16.8. The quantitative estimate of drug-likeness (QED) is 0.484. The van der Waals surface area contributed by atoms with E-state index in [0.29, 0.717) is 36.3 Å². The molecule has 1 aliphatic heterocycles. The van der Waals surface area contributed by atoms with Gasteiger partial charge >= 0.3 is 0 Å². The second kappa shape index (κ2) is 9.07. The highest BCUT2D eigenvalue weighted by atomic mass is 19.1. The van der Waals surface area contributed by atoms with E-state index in [1.807, 2.05) is 18.4 Å². The molecule has 2 aliphatic rings. The molecule has 3 heterocycles. The highest BCUT2D eigenvalue weighted by Gasteiger charge is 2.35. The van der Waals surface area contributed by atoms with Gasteiger partial charge in [-0.25, -0.2) is 18.7 Å². The van der Waals surface area contributed by atoms with Crippen LogP contribution in [0.2, 0.25) is 0 Å². The number of nitrogens with one attached hydrogen (secondary N) is 2. The topological polar surface area (TPSA) is 97.1 Å². The SMILES string of the molecule is CC(C)(O)C1CC[C@H](Nc2ncc3nc(Nc4ccc(F)cc4F)n(C4CCOCC4)c3n2)C1. The number of imidazole rings is 1. The normalized spacial score (nSPS) is 21.8. The Morgan fingerprint density at radius 3 is 2.62 bits per heavy atom. The van der Waals surface area contributed by atoms with E-state index in [4.69, 9.17) is 9.72 Å². The van der Waals surface area contributed by atoms with Crippen molar-refractivity contribution in [1.29, 1.82) is 0 Å². The third kappa shape index (κ3) is 4.69. The Morgan fingerprint density at radius 2 is 1.91 bits per heavy atom. The summed E-state index contributed by atoms with van der Waals surface area (Å²) in [4.78, 5) is 13.9. The van der Waals surface area contributed by atoms with Crippen LogP contribution < -0.4 is 10.6 Å². The number of fused-ring (bicyclic) bond motifs is 1. The third-order valence-corrected chi connectivity index (χ3v) is 6.93. The van der Waals surface area contributed by atoms with Crippen LogP contribution in [0.1, 0.15) is 52.0 Å². The molecule has 5 rings (SSSR count). The lowest BCUT2D eigenvalue weighted by atomic mass is 9.90. The maximum atomic E-state index is 14.4. The zero-order valence-electron chi connectivity index (χ0n) is 19.4. The lowest BCUT2D eigenvalue weighted by molar-refractivity contribution is 0.0197. The lowest BCUT2D eigenvalue weighted by Crippen LogP contribution is -2.30. The van der Waals surface area contributed by atoms with E-state index in [0.717, 1.165) is 38.2 Å². The van der Waals surface area contributed by atoms with Gasteiger partial charge in [0.2, 0.25) is 11.9 Å². The molecule has 1 unspecified atom stereocenters. The van der Waals surface area contributed by atoms with Crippen LogP contribution in [-0.4, -0.2) is 49.5 Å². The molecule has 0 radical (unpaired) electrons. The van der Waals surface area contributed by atoms with Crippen LogP contribution in [0.4, 0.5) is 26.4 Å². The van der Waals surface area contributed by atoms with Crippen LogP contribution in [0.25, 0.3) is 11.2 Å². The molecule has 0 bridgehead atoms. The minimum Gasteiger partial charge on any atom is -0.390 e. The first-order chi connectivity index (χ1) is 16.3. The number of aliphatic hydroxyl groups is 1. The Balaban J connectivity index is 1.46. The van der Waals surface area contributed by atoms with Crippen LogP contribution in [0.15, 0.2) is 24.4 Å². The number of rotatable bonds is 6. The van der Waals surface area contributed by atoms with Gasteiger partial charge < -0.3 is 20.5 Å². The van der Waals surface area contributed by atoms with Crippen LogP contribution in [-0.2, 0) is 4.74 Å². The molecule has 2 aromatic heterocycles. The monoisotopic (exact) mass is 472 g/mol. The van der Waals surface area contributed by atoms with Crippen molar-refractivity contribution in [2.75, 3.05) is 23.8 Å². The zero-order chi connectivity index (χ0) is 23.9. The average molecular weight is 473 g/mol. The van der Waals surface area contributed by atoms with Gasteiger partial charge in [0.25, 0.3) is 0 Å². The van der Waals surface area contributed by atoms with Crippen molar-refractivity contribution in [1.82, 2.24) is 19.5 Å². The van der Waals surface area contributed by atoms with Crippen molar-refractivity contribution in [3.05, 3.63) is 36.0 Å². The fourth-order valence-corrected chi connectivity index (χ4v) is 4.99. The molecule has 3 aromatic rings. The van der Waals surface area contributed by atoms with Gasteiger partial charge in [-0.3, -0.25) is 4.57 Å². The Bertz CT molecular complexity index is 1170. The maximum absolute atomic E-state index is 14.4. The predicted octanol–water partition coefficient (Wildman–Crippen LogP) is 4.55. The van der Waals surface area contributed by atoms with E-state index in [-0.39, 0.29) is 23.7 Å². The average Bonchev–Trinajstić information content (AvgIpc) is 3.40. The smallest absolute Gasteiger partial charge is 0.224 e. The number of benzene rings is 1. The highest BCUT2D eigenvalue weighted by Crippen LogP contribution is 2.36. The summed E-state index contributed by atoms with van der Waals surface area (Å²) in [6.45, 7) is 4.94. The van der Waals surface area contributed by atoms with E-state index in [2.05, 4.69) is 20.6 Å². The molecule has 0 amide bonds. The number of hydrogen-bond acceptors (Lipinski definition) is 7. The maximum Gasteiger partial charge on any atom is 0.224 e. The van der Waals surface area contributed by atoms with Crippen molar-refractivity contribution < 1.29 is 18.6 Å². The molecule has 182 valence electrons. The Hall–Kier alpha value is -2.85. The molecule has 2 fully saturated rings. The lowest BCUT2D eigenvalue weighted by Gasteiger charge is -2.26. The summed E-state index contributed by atoms with van der Waals surface area (Å²) in [6.07, 6.45) is 5.94. The summed E-state index contributed by atoms with van der Waals surface area (Å²) >= 11 is 0. The fourth-order valence-electron chi connectivity index (χ4n) is 4.99. The second-order valence-corrected chi connectivity index (χ2v) is 9.81. The largest absolute Gasteiger partial charge is 0.390 e. The van der Waals surface area contributed by atoms with Gasteiger partial charge in [-0.05, 0) is 64.0 Å². The molecule has 0 spiro atoms. The van der Waals surface area contributed by atoms with Crippen molar-refractivity contribution >= 4 is 28.7 Å². The molecular formula is C24H30F2N6O2. The number of anilines is 3. The number of halogens is 2. The van der Waals surface area contributed by atoms with Gasteiger partial charge in [0.15, 0.2) is 5.65 Å². The van der Waals surface area contributed by atoms with Crippen molar-refractivity contribution in [2.45, 2.75) is 63.6 Å². The van der Waals surface area contributed by atoms with Crippen LogP contribution >= 0.6 is 0 Å². The molecular weight excluding hydrogens is 442 g/mol. The summed E-state index contributed by atoms with van der Waals surface area (Å²) in [6, 6.07) is 3.65. The summed E-state index contributed by atoms with van der Waals surface area (Å²) < 4.78 is 35.2. The number of ether oxygens (including phenoxy) is 1. The van der Waals surface area contributed by atoms with E-state index >= 15 is 0 Å². The fraction of sp³-hybridized carbons (Fsp3) is 0.542. The second-order valence-electron chi connectivity index (χ2n) is 9.81.